The van der Waals surface area contributed by atoms with Gasteiger partial charge in [0.15, 0.2) is 0 Å². The van der Waals surface area contributed by atoms with Crippen LogP contribution >= 0.6 is 11.3 Å². The van der Waals surface area contributed by atoms with Crippen LogP contribution in [0, 0.1) is 18.8 Å². The van der Waals surface area contributed by atoms with Crippen molar-refractivity contribution in [1.82, 2.24) is 10.3 Å². The van der Waals surface area contributed by atoms with Crippen molar-refractivity contribution in [2.75, 3.05) is 6.54 Å². The van der Waals surface area contributed by atoms with Crippen molar-refractivity contribution < 1.29 is 0 Å². The maximum absolute atomic E-state index is 4.66. The second-order valence-electron chi connectivity index (χ2n) is 6.31. The van der Waals surface area contributed by atoms with E-state index in [9.17, 15) is 0 Å². The summed E-state index contributed by atoms with van der Waals surface area (Å²) in [6.07, 6.45) is 9.38. The molecule has 1 N–H and O–H groups in total. The number of aryl methyl sites for hydroxylation is 1. The Morgan fingerprint density at radius 3 is 2.60 bits per heavy atom. The van der Waals surface area contributed by atoms with Crippen molar-refractivity contribution in [3.8, 4) is 0 Å². The van der Waals surface area contributed by atoms with E-state index in [4.69, 9.17) is 0 Å². The van der Waals surface area contributed by atoms with Crippen LogP contribution in [0.15, 0.2) is 5.38 Å². The lowest BCUT2D eigenvalue weighted by molar-refractivity contribution is 0.216. The smallest absolute Gasteiger partial charge is 0.0897 e. The predicted molar refractivity (Wildman–Crippen MR) is 88.4 cm³/mol. The molecular weight excluding hydrogens is 264 g/mol. The summed E-state index contributed by atoms with van der Waals surface area (Å²) >= 11 is 1.78. The first-order valence-corrected chi connectivity index (χ1v) is 9.25. The lowest BCUT2D eigenvalue weighted by atomic mass is 9.76. The van der Waals surface area contributed by atoms with E-state index in [0.717, 1.165) is 24.8 Å². The second-order valence-corrected chi connectivity index (χ2v) is 7.37. The Labute approximate surface area is 128 Å². The number of thiazole rings is 1. The van der Waals surface area contributed by atoms with Crippen LogP contribution in [-0.2, 0) is 6.42 Å². The highest BCUT2D eigenvalue weighted by atomic mass is 32.1. The molecule has 1 atom stereocenters. The maximum atomic E-state index is 4.66. The minimum absolute atomic E-state index is 0.634. The molecule has 1 unspecified atom stereocenters. The Hall–Kier alpha value is -0.410. The van der Waals surface area contributed by atoms with Crippen LogP contribution in [0.2, 0.25) is 0 Å². The Balaban J connectivity index is 1.92. The molecule has 1 aromatic heterocycles. The average Bonchev–Trinajstić information content (AvgIpc) is 2.89. The third-order valence-corrected chi connectivity index (χ3v) is 5.61. The van der Waals surface area contributed by atoms with E-state index in [2.05, 4.69) is 36.5 Å². The van der Waals surface area contributed by atoms with Gasteiger partial charge in [-0.25, -0.2) is 4.98 Å². The van der Waals surface area contributed by atoms with Gasteiger partial charge in [-0.2, -0.15) is 0 Å². The summed E-state index contributed by atoms with van der Waals surface area (Å²) in [7, 11) is 0. The minimum Gasteiger partial charge on any atom is -0.313 e. The fraction of sp³-hybridized carbons (Fsp3) is 0.824. The highest BCUT2D eigenvalue weighted by Gasteiger charge is 2.27. The van der Waals surface area contributed by atoms with Gasteiger partial charge in [0, 0.05) is 17.8 Å². The molecule has 2 nitrogen and oxygen atoms in total. The third kappa shape index (κ3) is 4.56. The first-order valence-electron chi connectivity index (χ1n) is 8.37. The lowest BCUT2D eigenvalue weighted by Gasteiger charge is -2.34. The van der Waals surface area contributed by atoms with Crippen molar-refractivity contribution in [3.63, 3.8) is 0 Å². The van der Waals surface area contributed by atoms with Gasteiger partial charge in [0.1, 0.15) is 0 Å². The molecule has 0 aliphatic heterocycles. The van der Waals surface area contributed by atoms with Gasteiger partial charge in [0.25, 0.3) is 0 Å². The van der Waals surface area contributed by atoms with Crippen molar-refractivity contribution >= 4 is 11.3 Å². The first-order chi connectivity index (χ1) is 9.72. The van der Waals surface area contributed by atoms with E-state index in [0.29, 0.717) is 6.04 Å². The van der Waals surface area contributed by atoms with E-state index in [-0.39, 0.29) is 0 Å². The van der Waals surface area contributed by atoms with E-state index in [1.807, 2.05) is 0 Å². The normalized spacial score (nSPS) is 24.8. The van der Waals surface area contributed by atoms with Crippen LogP contribution in [0.4, 0.5) is 0 Å². The SMILES string of the molecule is CCCNC(Cc1csc(C)n1)C1CCC(CC)CC1. The molecule has 3 heteroatoms. The number of hydrogen-bond donors (Lipinski definition) is 1. The summed E-state index contributed by atoms with van der Waals surface area (Å²) in [6.45, 7) is 7.84. The van der Waals surface area contributed by atoms with Crippen LogP contribution in [-0.4, -0.2) is 17.6 Å². The van der Waals surface area contributed by atoms with Gasteiger partial charge in [-0.1, -0.05) is 33.1 Å². The van der Waals surface area contributed by atoms with Crippen LogP contribution in [0.5, 0.6) is 0 Å². The number of rotatable bonds is 7. The molecule has 114 valence electrons. The molecule has 0 amide bonds. The average molecular weight is 295 g/mol. The Kier molecular flexibility index (Phi) is 6.50. The van der Waals surface area contributed by atoms with Gasteiger partial charge in [0.2, 0.25) is 0 Å². The van der Waals surface area contributed by atoms with E-state index in [1.54, 1.807) is 11.3 Å². The fourth-order valence-electron chi connectivity index (χ4n) is 3.46. The van der Waals surface area contributed by atoms with Crippen LogP contribution in [0.25, 0.3) is 0 Å². The fourth-order valence-corrected chi connectivity index (χ4v) is 4.09. The molecule has 1 aliphatic carbocycles. The molecule has 1 saturated carbocycles. The summed E-state index contributed by atoms with van der Waals surface area (Å²) < 4.78 is 0. The van der Waals surface area contributed by atoms with E-state index >= 15 is 0 Å². The number of aromatic nitrogens is 1. The summed E-state index contributed by atoms with van der Waals surface area (Å²) in [4.78, 5) is 4.66. The molecule has 0 aromatic carbocycles. The van der Waals surface area contributed by atoms with Crippen molar-refractivity contribution in [2.24, 2.45) is 11.8 Å². The minimum atomic E-state index is 0.634. The van der Waals surface area contributed by atoms with Crippen LogP contribution in [0.3, 0.4) is 0 Å². The third-order valence-electron chi connectivity index (χ3n) is 4.79. The Bertz CT molecular complexity index is 380. The summed E-state index contributed by atoms with van der Waals surface area (Å²) in [5, 5.41) is 7.24. The van der Waals surface area contributed by atoms with E-state index < -0.39 is 0 Å². The standard InChI is InChI=1S/C17H30N2S/c1-4-10-18-17(11-16-12-20-13(3)19-16)15-8-6-14(5-2)7-9-15/h12,14-15,17-18H,4-11H2,1-3H3. The molecule has 1 aliphatic rings. The summed E-state index contributed by atoms with van der Waals surface area (Å²) in [6, 6.07) is 0.634. The summed E-state index contributed by atoms with van der Waals surface area (Å²) in [5.41, 5.74) is 1.29. The van der Waals surface area contributed by atoms with Gasteiger partial charge < -0.3 is 5.32 Å². The quantitative estimate of drug-likeness (QED) is 0.796. The molecule has 1 fully saturated rings. The summed E-state index contributed by atoms with van der Waals surface area (Å²) in [5.74, 6) is 1.84. The second kappa shape index (κ2) is 8.14. The molecular formula is C17H30N2S. The molecule has 0 saturated heterocycles. The predicted octanol–water partition coefficient (Wildman–Crippen LogP) is 4.58. The molecule has 0 spiro atoms. The van der Waals surface area contributed by atoms with Gasteiger partial charge in [0.05, 0.1) is 10.7 Å². The number of nitrogens with zero attached hydrogens (tertiary/aromatic N) is 1. The highest BCUT2D eigenvalue weighted by Crippen LogP contribution is 2.33. The van der Waals surface area contributed by atoms with Crippen LogP contribution < -0.4 is 5.32 Å². The number of hydrogen-bond acceptors (Lipinski definition) is 3. The molecule has 0 bridgehead atoms. The molecule has 0 radical (unpaired) electrons. The lowest BCUT2D eigenvalue weighted by Crippen LogP contribution is -2.40. The maximum Gasteiger partial charge on any atom is 0.0897 e. The highest BCUT2D eigenvalue weighted by molar-refractivity contribution is 7.09. The monoisotopic (exact) mass is 294 g/mol. The van der Waals surface area contributed by atoms with Crippen molar-refractivity contribution in [1.29, 1.82) is 0 Å². The number of nitrogens with one attached hydrogen (secondary N) is 1. The zero-order chi connectivity index (χ0) is 14.4. The van der Waals surface area contributed by atoms with E-state index in [1.165, 1.54) is 49.2 Å². The first kappa shape index (κ1) is 16.0. The Morgan fingerprint density at radius 1 is 1.30 bits per heavy atom. The zero-order valence-corrected chi connectivity index (χ0v) is 14.1. The van der Waals surface area contributed by atoms with Gasteiger partial charge in [-0.05, 0) is 44.6 Å². The largest absolute Gasteiger partial charge is 0.313 e. The van der Waals surface area contributed by atoms with Gasteiger partial charge in [-0.3, -0.25) is 0 Å². The van der Waals surface area contributed by atoms with Crippen molar-refractivity contribution in [3.05, 3.63) is 16.1 Å². The van der Waals surface area contributed by atoms with Crippen LogP contribution in [0.1, 0.15) is 63.1 Å². The van der Waals surface area contributed by atoms with Crippen molar-refractivity contribution in [2.45, 2.75) is 71.8 Å². The molecule has 20 heavy (non-hydrogen) atoms. The van der Waals surface area contributed by atoms with Gasteiger partial charge in [-0.15, -0.1) is 11.3 Å². The Morgan fingerprint density at radius 2 is 2.05 bits per heavy atom. The zero-order valence-electron chi connectivity index (χ0n) is 13.3. The molecule has 1 heterocycles. The van der Waals surface area contributed by atoms with Gasteiger partial charge >= 0.3 is 0 Å². The molecule has 2 rings (SSSR count). The molecule has 1 aromatic rings. The topological polar surface area (TPSA) is 24.9 Å².